The number of aromatic nitrogens is 1. The van der Waals surface area contributed by atoms with Gasteiger partial charge in [0.15, 0.2) is 5.75 Å². The molecular formula is C14H17N3O3S. The SMILES string of the molecule is CCCOc1cccc(NCc2scnc2C)c1[N+](=O)[O-]. The molecule has 1 aromatic heterocycles. The molecule has 0 saturated carbocycles. The average molecular weight is 307 g/mol. The molecule has 0 unspecified atom stereocenters. The molecule has 0 aliphatic carbocycles. The zero-order valence-corrected chi connectivity index (χ0v) is 12.8. The Morgan fingerprint density at radius 1 is 1.48 bits per heavy atom. The van der Waals surface area contributed by atoms with E-state index in [1.807, 2.05) is 13.8 Å². The number of nitrogens with zero attached hydrogens (tertiary/aromatic N) is 2. The highest BCUT2D eigenvalue weighted by molar-refractivity contribution is 7.09. The van der Waals surface area contributed by atoms with Crippen molar-refractivity contribution in [1.82, 2.24) is 4.98 Å². The highest BCUT2D eigenvalue weighted by Gasteiger charge is 2.21. The van der Waals surface area contributed by atoms with Crippen LogP contribution in [0.25, 0.3) is 0 Å². The van der Waals surface area contributed by atoms with Crippen molar-refractivity contribution < 1.29 is 9.66 Å². The number of nitrogens with one attached hydrogen (secondary N) is 1. The summed E-state index contributed by atoms with van der Waals surface area (Å²) in [5, 5.41) is 14.4. The van der Waals surface area contributed by atoms with Crippen molar-refractivity contribution >= 4 is 22.7 Å². The van der Waals surface area contributed by atoms with Crippen LogP contribution in [0.3, 0.4) is 0 Å². The number of thiazole rings is 1. The van der Waals surface area contributed by atoms with Crippen LogP contribution in [0, 0.1) is 17.0 Å². The topological polar surface area (TPSA) is 77.3 Å². The van der Waals surface area contributed by atoms with Gasteiger partial charge >= 0.3 is 5.69 Å². The molecule has 0 radical (unpaired) electrons. The van der Waals surface area contributed by atoms with E-state index in [9.17, 15) is 10.1 Å². The molecule has 7 heteroatoms. The molecule has 0 bridgehead atoms. The van der Waals surface area contributed by atoms with Gasteiger partial charge in [-0.3, -0.25) is 10.1 Å². The van der Waals surface area contributed by atoms with E-state index in [1.165, 1.54) is 11.3 Å². The third-order valence-electron chi connectivity index (χ3n) is 2.93. The van der Waals surface area contributed by atoms with Crippen LogP contribution in [-0.4, -0.2) is 16.5 Å². The molecule has 0 saturated heterocycles. The standard InChI is InChI=1S/C14H17N3O3S/c1-3-7-20-12-6-4-5-11(14(12)17(18)19)15-8-13-10(2)16-9-21-13/h4-6,9,15H,3,7-8H2,1-2H3. The minimum Gasteiger partial charge on any atom is -0.487 e. The summed E-state index contributed by atoms with van der Waals surface area (Å²) >= 11 is 1.53. The van der Waals surface area contributed by atoms with Crippen molar-refractivity contribution in [1.29, 1.82) is 0 Å². The molecule has 0 aliphatic rings. The number of rotatable bonds is 7. The predicted octanol–water partition coefficient (Wildman–Crippen LogP) is 3.76. The smallest absolute Gasteiger partial charge is 0.333 e. The van der Waals surface area contributed by atoms with E-state index in [2.05, 4.69) is 10.3 Å². The number of aryl methyl sites for hydroxylation is 1. The Bertz CT molecular complexity index is 628. The van der Waals surface area contributed by atoms with E-state index in [1.54, 1.807) is 23.7 Å². The first kappa shape index (κ1) is 15.2. The van der Waals surface area contributed by atoms with Crippen molar-refractivity contribution in [2.45, 2.75) is 26.8 Å². The van der Waals surface area contributed by atoms with Gasteiger partial charge < -0.3 is 10.1 Å². The lowest BCUT2D eigenvalue weighted by molar-refractivity contribution is -0.385. The van der Waals surface area contributed by atoms with Crippen LogP contribution in [0.15, 0.2) is 23.7 Å². The van der Waals surface area contributed by atoms with E-state index in [0.29, 0.717) is 24.6 Å². The van der Waals surface area contributed by atoms with Gasteiger partial charge in [0.25, 0.3) is 0 Å². The van der Waals surface area contributed by atoms with Gasteiger partial charge in [-0.25, -0.2) is 4.98 Å². The molecule has 6 nitrogen and oxygen atoms in total. The molecule has 0 spiro atoms. The highest BCUT2D eigenvalue weighted by atomic mass is 32.1. The van der Waals surface area contributed by atoms with Gasteiger partial charge in [0.05, 0.1) is 29.3 Å². The minimum absolute atomic E-state index is 0.0203. The molecule has 0 amide bonds. The summed E-state index contributed by atoms with van der Waals surface area (Å²) in [7, 11) is 0. The molecule has 1 aromatic carbocycles. The number of hydrogen-bond acceptors (Lipinski definition) is 6. The summed E-state index contributed by atoms with van der Waals surface area (Å²) in [6.45, 7) is 4.84. The second-order valence-electron chi connectivity index (χ2n) is 4.47. The summed E-state index contributed by atoms with van der Waals surface area (Å²) < 4.78 is 5.46. The Labute approximate surface area is 126 Å². The fourth-order valence-corrected chi connectivity index (χ4v) is 2.57. The van der Waals surface area contributed by atoms with Gasteiger partial charge in [-0.2, -0.15) is 0 Å². The number of nitro benzene ring substituents is 1. The van der Waals surface area contributed by atoms with Crippen molar-refractivity contribution in [2.24, 2.45) is 0 Å². The molecule has 0 fully saturated rings. The van der Waals surface area contributed by atoms with E-state index in [4.69, 9.17) is 4.74 Å². The van der Waals surface area contributed by atoms with Gasteiger partial charge in [-0.15, -0.1) is 11.3 Å². The Morgan fingerprint density at radius 3 is 2.90 bits per heavy atom. The first-order chi connectivity index (χ1) is 10.1. The fourth-order valence-electron chi connectivity index (χ4n) is 1.85. The lowest BCUT2D eigenvalue weighted by Crippen LogP contribution is -2.05. The average Bonchev–Trinajstić information content (AvgIpc) is 2.87. The maximum absolute atomic E-state index is 11.3. The summed E-state index contributed by atoms with van der Waals surface area (Å²) in [5.41, 5.74) is 3.14. The van der Waals surface area contributed by atoms with Crippen LogP contribution in [0.4, 0.5) is 11.4 Å². The number of benzene rings is 1. The molecule has 0 atom stereocenters. The zero-order valence-electron chi connectivity index (χ0n) is 12.0. The minimum atomic E-state index is -0.410. The van der Waals surface area contributed by atoms with E-state index >= 15 is 0 Å². The Morgan fingerprint density at radius 2 is 2.29 bits per heavy atom. The molecule has 2 aromatic rings. The normalized spacial score (nSPS) is 10.4. The molecule has 21 heavy (non-hydrogen) atoms. The van der Waals surface area contributed by atoms with Gasteiger partial charge in [0.2, 0.25) is 0 Å². The van der Waals surface area contributed by atoms with Crippen LogP contribution < -0.4 is 10.1 Å². The number of anilines is 1. The van der Waals surface area contributed by atoms with Crippen LogP contribution >= 0.6 is 11.3 Å². The van der Waals surface area contributed by atoms with E-state index in [0.717, 1.165) is 17.0 Å². The molecule has 112 valence electrons. The molecule has 1 N–H and O–H groups in total. The fraction of sp³-hybridized carbons (Fsp3) is 0.357. The summed E-state index contributed by atoms with van der Waals surface area (Å²) in [6.07, 6.45) is 0.800. The number of hydrogen-bond donors (Lipinski definition) is 1. The molecule has 1 heterocycles. The van der Waals surface area contributed by atoms with Crippen molar-refractivity contribution in [3.05, 3.63) is 44.4 Å². The van der Waals surface area contributed by atoms with Crippen LogP contribution in [0.5, 0.6) is 5.75 Å². The van der Waals surface area contributed by atoms with Crippen molar-refractivity contribution in [3.8, 4) is 5.75 Å². The molecular weight excluding hydrogens is 290 g/mol. The summed E-state index contributed by atoms with van der Waals surface area (Å²) in [5.74, 6) is 0.299. The number of ether oxygens (including phenoxy) is 1. The maximum Gasteiger partial charge on any atom is 0.333 e. The maximum atomic E-state index is 11.3. The largest absolute Gasteiger partial charge is 0.487 e. The summed E-state index contributed by atoms with van der Waals surface area (Å²) in [4.78, 5) is 16.1. The van der Waals surface area contributed by atoms with E-state index in [-0.39, 0.29) is 5.69 Å². The van der Waals surface area contributed by atoms with Gasteiger partial charge in [-0.05, 0) is 25.5 Å². The number of nitro groups is 1. The zero-order chi connectivity index (χ0) is 15.2. The molecule has 0 aliphatic heterocycles. The summed E-state index contributed by atoms with van der Waals surface area (Å²) in [6, 6.07) is 5.06. The quantitative estimate of drug-likeness (QED) is 0.622. The van der Waals surface area contributed by atoms with Crippen LogP contribution in [0.1, 0.15) is 23.9 Å². The van der Waals surface area contributed by atoms with Gasteiger partial charge in [-0.1, -0.05) is 13.0 Å². The first-order valence-corrected chi connectivity index (χ1v) is 7.54. The van der Waals surface area contributed by atoms with Crippen LogP contribution in [0.2, 0.25) is 0 Å². The second kappa shape index (κ2) is 7.03. The Kier molecular flexibility index (Phi) is 5.10. The van der Waals surface area contributed by atoms with Crippen molar-refractivity contribution in [2.75, 3.05) is 11.9 Å². The van der Waals surface area contributed by atoms with Crippen LogP contribution in [-0.2, 0) is 6.54 Å². The third kappa shape index (κ3) is 3.69. The van der Waals surface area contributed by atoms with Gasteiger partial charge in [0, 0.05) is 4.88 Å². The predicted molar refractivity (Wildman–Crippen MR) is 83.1 cm³/mol. The third-order valence-corrected chi connectivity index (χ3v) is 3.86. The van der Waals surface area contributed by atoms with Gasteiger partial charge in [0.1, 0.15) is 5.69 Å². The Hall–Kier alpha value is -2.15. The van der Waals surface area contributed by atoms with E-state index < -0.39 is 4.92 Å². The lowest BCUT2D eigenvalue weighted by atomic mass is 10.2. The first-order valence-electron chi connectivity index (χ1n) is 6.66. The highest BCUT2D eigenvalue weighted by Crippen LogP contribution is 2.35. The molecule has 2 rings (SSSR count). The second-order valence-corrected chi connectivity index (χ2v) is 5.41. The number of para-hydroxylation sites is 1. The monoisotopic (exact) mass is 307 g/mol. The lowest BCUT2D eigenvalue weighted by Gasteiger charge is -2.10. The Balaban J connectivity index is 2.21. The van der Waals surface area contributed by atoms with Crippen molar-refractivity contribution in [3.63, 3.8) is 0 Å².